The molecule has 0 saturated carbocycles. The summed E-state index contributed by atoms with van der Waals surface area (Å²) in [5, 5.41) is 13.3. The van der Waals surface area contributed by atoms with Crippen molar-refractivity contribution < 1.29 is 28.8 Å². The molecule has 10 nitrogen and oxygen atoms in total. The topological polar surface area (TPSA) is 128 Å². The van der Waals surface area contributed by atoms with Crippen molar-refractivity contribution in [3.05, 3.63) is 110 Å². The fraction of sp³-hybridized carbons (Fsp3) is 0.167. The van der Waals surface area contributed by atoms with Gasteiger partial charge in [0.1, 0.15) is 13.2 Å². The van der Waals surface area contributed by atoms with Crippen LogP contribution in [-0.4, -0.2) is 40.0 Å². The molecule has 42 heavy (non-hydrogen) atoms. The van der Waals surface area contributed by atoms with Crippen molar-refractivity contribution in [2.75, 3.05) is 18.5 Å². The van der Waals surface area contributed by atoms with Gasteiger partial charge in [-0.25, -0.2) is 0 Å². The third-order valence-electron chi connectivity index (χ3n) is 5.97. The van der Waals surface area contributed by atoms with Crippen molar-refractivity contribution >= 4 is 57.9 Å². The van der Waals surface area contributed by atoms with Gasteiger partial charge in [-0.1, -0.05) is 29.8 Å². The third kappa shape index (κ3) is 7.36. The van der Waals surface area contributed by atoms with Crippen LogP contribution in [0, 0.1) is 10.1 Å². The fourth-order valence-corrected chi connectivity index (χ4v) is 5.07. The van der Waals surface area contributed by atoms with Gasteiger partial charge < -0.3 is 14.8 Å². The zero-order valence-corrected chi connectivity index (χ0v) is 24.1. The number of hydrogen-bond donors (Lipinski definition) is 1. The first kappa shape index (κ1) is 30.4. The maximum Gasteiger partial charge on any atom is 0.294 e. The Kier molecular flexibility index (Phi) is 10.00. The summed E-state index contributed by atoms with van der Waals surface area (Å²) >= 11 is 6.81. The van der Waals surface area contributed by atoms with Crippen LogP contribution in [0.5, 0.6) is 11.5 Å². The lowest BCUT2D eigenvalue weighted by atomic mass is 10.0. The molecule has 3 amide bonds. The smallest absolute Gasteiger partial charge is 0.294 e. The van der Waals surface area contributed by atoms with Gasteiger partial charge in [0, 0.05) is 17.7 Å². The normalized spacial score (nSPS) is 13.8. The standard InChI is InChI=1S/C30H26ClN3O7S/c1-3-7-21-14-20(15-25(40-4-2)28(21)41-18-19-10-12-22(13-11-19)34(38)39)16-26-29(36)33(30(37)42-26)17-27(35)32-24-9-6-5-8-23(24)31/h3,5-6,8-16H,1,4,7,17-18H2,2H3,(H,32,35)/b26-16+. The van der Waals surface area contributed by atoms with E-state index in [2.05, 4.69) is 11.9 Å². The molecule has 216 valence electrons. The predicted molar refractivity (Wildman–Crippen MR) is 162 cm³/mol. The van der Waals surface area contributed by atoms with Crippen molar-refractivity contribution in [3.8, 4) is 11.5 Å². The molecule has 0 bridgehead atoms. The molecule has 0 aliphatic carbocycles. The molecule has 1 aliphatic rings. The summed E-state index contributed by atoms with van der Waals surface area (Å²) in [6.07, 6.45) is 3.67. The second-order valence-electron chi connectivity index (χ2n) is 8.94. The Bertz CT molecular complexity index is 1570. The lowest BCUT2D eigenvalue weighted by Gasteiger charge is -2.17. The fourth-order valence-electron chi connectivity index (χ4n) is 4.05. The minimum Gasteiger partial charge on any atom is -0.490 e. The molecule has 0 unspecified atom stereocenters. The molecular weight excluding hydrogens is 582 g/mol. The van der Waals surface area contributed by atoms with E-state index in [1.807, 2.05) is 6.92 Å². The van der Waals surface area contributed by atoms with E-state index in [0.717, 1.165) is 27.8 Å². The van der Waals surface area contributed by atoms with Crippen LogP contribution in [0.4, 0.5) is 16.2 Å². The average molecular weight is 608 g/mol. The number of nitrogens with zero attached hydrogens (tertiary/aromatic N) is 2. The number of allylic oxidation sites excluding steroid dienone is 1. The van der Waals surface area contributed by atoms with Crippen LogP contribution in [0.2, 0.25) is 5.02 Å². The largest absolute Gasteiger partial charge is 0.490 e. The molecule has 0 radical (unpaired) electrons. The summed E-state index contributed by atoms with van der Waals surface area (Å²) in [5.41, 5.74) is 2.40. The van der Waals surface area contributed by atoms with E-state index in [-0.39, 0.29) is 17.2 Å². The molecule has 1 saturated heterocycles. The molecule has 12 heteroatoms. The first-order valence-electron chi connectivity index (χ1n) is 12.8. The van der Waals surface area contributed by atoms with Crippen LogP contribution in [-0.2, 0) is 22.6 Å². The Morgan fingerprint density at radius 3 is 2.55 bits per heavy atom. The maximum absolute atomic E-state index is 13.1. The summed E-state index contributed by atoms with van der Waals surface area (Å²) in [6.45, 7) is 5.64. The number of nitro benzene ring substituents is 1. The lowest BCUT2D eigenvalue weighted by molar-refractivity contribution is -0.384. The zero-order valence-electron chi connectivity index (χ0n) is 22.5. The molecule has 1 N–H and O–H groups in total. The number of amides is 3. The highest BCUT2D eigenvalue weighted by molar-refractivity contribution is 8.18. The van der Waals surface area contributed by atoms with Crippen molar-refractivity contribution in [3.63, 3.8) is 0 Å². The number of hydrogen-bond acceptors (Lipinski definition) is 8. The Balaban J connectivity index is 1.54. The Morgan fingerprint density at radius 1 is 1.14 bits per heavy atom. The monoisotopic (exact) mass is 607 g/mol. The Morgan fingerprint density at radius 2 is 1.88 bits per heavy atom. The molecule has 3 aromatic carbocycles. The highest BCUT2D eigenvalue weighted by Gasteiger charge is 2.36. The lowest BCUT2D eigenvalue weighted by Crippen LogP contribution is -2.36. The zero-order chi connectivity index (χ0) is 30.2. The predicted octanol–water partition coefficient (Wildman–Crippen LogP) is 6.63. The third-order valence-corrected chi connectivity index (χ3v) is 7.21. The van der Waals surface area contributed by atoms with Gasteiger partial charge in [0.05, 0.1) is 27.1 Å². The number of thioether (sulfide) groups is 1. The van der Waals surface area contributed by atoms with Crippen molar-refractivity contribution in [1.82, 2.24) is 4.90 Å². The highest BCUT2D eigenvalue weighted by Crippen LogP contribution is 2.38. The van der Waals surface area contributed by atoms with E-state index in [1.165, 1.54) is 12.1 Å². The number of imide groups is 1. The number of non-ortho nitro benzene ring substituents is 1. The minimum absolute atomic E-state index is 0.0175. The second-order valence-corrected chi connectivity index (χ2v) is 10.3. The molecule has 1 fully saturated rings. The molecule has 4 rings (SSSR count). The first-order valence-corrected chi connectivity index (χ1v) is 14.0. The van der Waals surface area contributed by atoms with Crippen molar-refractivity contribution in [1.29, 1.82) is 0 Å². The van der Waals surface area contributed by atoms with E-state index in [1.54, 1.807) is 60.7 Å². The summed E-state index contributed by atoms with van der Waals surface area (Å²) in [4.78, 5) is 49.8. The number of nitro groups is 1. The second kappa shape index (κ2) is 13.8. The van der Waals surface area contributed by atoms with Gasteiger partial charge in [0.2, 0.25) is 5.91 Å². The maximum atomic E-state index is 13.1. The van der Waals surface area contributed by atoms with Gasteiger partial charge in [0.25, 0.3) is 16.8 Å². The SMILES string of the molecule is C=CCc1cc(/C=C2/SC(=O)N(CC(=O)Nc3ccccc3Cl)C2=O)cc(OCC)c1OCc1ccc([N+](=O)[O-])cc1. The van der Waals surface area contributed by atoms with Gasteiger partial charge >= 0.3 is 0 Å². The number of benzene rings is 3. The van der Waals surface area contributed by atoms with Crippen LogP contribution in [0.1, 0.15) is 23.6 Å². The first-order chi connectivity index (χ1) is 20.2. The summed E-state index contributed by atoms with van der Waals surface area (Å²) < 4.78 is 11.9. The molecule has 0 spiro atoms. The molecule has 1 heterocycles. The Labute approximate surface area is 251 Å². The number of rotatable bonds is 12. The van der Waals surface area contributed by atoms with Gasteiger partial charge in [-0.3, -0.25) is 29.4 Å². The molecule has 0 aromatic heterocycles. The summed E-state index contributed by atoms with van der Waals surface area (Å²) in [7, 11) is 0. The van der Waals surface area contributed by atoms with Crippen LogP contribution < -0.4 is 14.8 Å². The molecule has 3 aromatic rings. The van der Waals surface area contributed by atoms with E-state index in [0.29, 0.717) is 40.8 Å². The number of nitrogens with one attached hydrogen (secondary N) is 1. The number of ether oxygens (including phenoxy) is 2. The van der Waals surface area contributed by atoms with Crippen LogP contribution in [0.3, 0.4) is 0 Å². The Hall–Kier alpha value is -4.61. The van der Waals surface area contributed by atoms with Crippen LogP contribution >= 0.6 is 23.4 Å². The van der Waals surface area contributed by atoms with E-state index >= 15 is 0 Å². The van der Waals surface area contributed by atoms with Gasteiger partial charge in [-0.05, 0) is 78.7 Å². The highest BCUT2D eigenvalue weighted by atomic mass is 35.5. The molecule has 1 aliphatic heterocycles. The number of halogens is 1. The van der Waals surface area contributed by atoms with Gasteiger partial charge in [-0.2, -0.15) is 0 Å². The molecular formula is C30H26ClN3O7S. The average Bonchev–Trinajstić information content (AvgIpc) is 3.21. The summed E-state index contributed by atoms with van der Waals surface area (Å²) in [6, 6.07) is 16.2. The number of anilines is 1. The van der Waals surface area contributed by atoms with E-state index in [4.69, 9.17) is 21.1 Å². The quantitative estimate of drug-likeness (QED) is 0.105. The number of carbonyl (C=O) groups excluding carboxylic acids is 3. The number of carbonyl (C=O) groups is 3. The van der Waals surface area contributed by atoms with Crippen LogP contribution in [0.15, 0.2) is 78.2 Å². The minimum atomic E-state index is -0.596. The van der Waals surface area contributed by atoms with E-state index in [9.17, 15) is 24.5 Å². The van der Waals surface area contributed by atoms with Gasteiger partial charge in [0.15, 0.2) is 11.5 Å². The van der Waals surface area contributed by atoms with Crippen molar-refractivity contribution in [2.45, 2.75) is 20.0 Å². The number of para-hydroxylation sites is 1. The van der Waals surface area contributed by atoms with Crippen molar-refractivity contribution in [2.24, 2.45) is 0 Å². The van der Waals surface area contributed by atoms with Gasteiger partial charge in [-0.15, -0.1) is 6.58 Å². The summed E-state index contributed by atoms with van der Waals surface area (Å²) in [5.74, 6) is -0.269. The van der Waals surface area contributed by atoms with E-state index < -0.39 is 28.5 Å². The molecule has 0 atom stereocenters. The van der Waals surface area contributed by atoms with Crippen LogP contribution in [0.25, 0.3) is 6.08 Å².